The van der Waals surface area contributed by atoms with Crippen LogP contribution in [0.15, 0.2) is 53.3 Å². The van der Waals surface area contributed by atoms with Crippen molar-refractivity contribution >= 4 is 5.91 Å². The first-order chi connectivity index (χ1) is 14.2. The van der Waals surface area contributed by atoms with Gasteiger partial charge in [0.25, 0.3) is 11.8 Å². The molecular formula is C21H21FN4O3. The molecule has 3 heterocycles. The Morgan fingerprint density at radius 3 is 2.93 bits per heavy atom. The second-order valence-corrected chi connectivity index (χ2v) is 7.03. The molecule has 8 heteroatoms. The zero-order valence-corrected chi connectivity index (χ0v) is 15.8. The van der Waals surface area contributed by atoms with Crippen LogP contribution in [0.5, 0.6) is 5.75 Å². The lowest BCUT2D eigenvalue weighted by molar-refractivity contribution is -0.132. The van der Waals surface area contributed by atoms with Gasteiger partial charge in [0.05, 0.1) is 5.56 Å². The number of hydrogen-bond donors (Lipinski definition) is 0. The molecule has 4 rings (SSSR count). The lowest BCUT2D eigenvalue weighted by Gasteiger charge is -2.16. The molecule has 150 valence electrons. The monoisotopic (exact) mass is 396 g/mol. The van der Waals surface area contributed by atoms with E-state index in [1.54, 1.807) is 12.4 Å². The van der Waals surface area contributed by atoms with Crippen molar-refractivity contribution in [3.8, 4) is 17.2 Å². The summed E-state index contributed by atoms with van der Waals surface area (Å²) in [6.07, 6.45) is 5.90. The van der Waals surface area contributed by atoms with E-state index >= 15 is 0 Å². The van der Waals surface area contributed by atoms with Crippen molar-refractivity contribution in [3.05, 3.63) is 60.4 Å². The second-order valence-electron chi connectivity index (χ2n) is 7.03. The molecule has 1 saturated heterocycles. The zero-order valence-electron chi connectivity index (χ0n) is 15.8. The number of aromatic nitrogens is 3. The molecule has 0 spiro atoms. The van der Waals surface area contributed by atoms with E-state index in [4.69, 9.17) is 9.26 Å². The third-order valence-electron chi connectivity index (χ3n) is 4.97. The van der Waals surface area contributed by atoms with Gasteiger partial charge in [0.15, 0.2) is 12.4 Å². The van der Waals surface area contributed by atoms with Crippen molar-refractivity contribution in [2.75, 3.05) is 19.7 Å². The number of halogens is 1. The van der Waals surface area contributed by atoms with Crippen molar-refractivity contribution in [1.29, 1.82) is 0 Å². The molecule has 1 atom stereocenters. The van der Waals surface area contributed by atoms with Crippen LogP contribution in [0, 0.1) is 11.7 Å². The molecule has 0 aliphatic carbocycles. The molecule has 0 bridgehead atoms. The van der Waals surface area contributed by atoms with E-state index in [1.807, 2.05) is 17.0 Å². The molecule has 1 aromatic carbocycles. The third-order valence-corrected chi connectivity index (χ3v) is 4.97. The highest BCUT2D eigenvalue weighted by Crippen LogP contribution is 2.22. The van der Waals surface area contributed by atoms with Crippen LogP contribution < -0.4 is 4.74 Å². The summed E-state index contributed by atoms with van der Waals surface area (Å²) in [5.41, 5.74) is 0.796. The lowest BCUT2D eigenvalue weighted by Crippen LogP contribution is -2.33. The summed E-state index contributed by atoms with van der Waals surface area (Å²) in [5.74, 6) is 1.61. The normalized spacial score (nSPS) is 16.2. The van der Waals surface area contributed by atoms with Gasteiger partial charge in [0.2, 0.25) is 0 Å². The summed E-state index contributed by atoms with van der Waals surface area (Å²) in [7, 11) is 0. The van der Waals surface area contributed by atoms with Gasteiger partial charge < -0.3 is 14.2 Å². The molecule has 1 fully saturated rings. The highest BCUT2D eigenvalue weighted by Gasteiger charge is 2.26. The van der Waals surface area contributed by atoms with Crippen molar-refractivity contribution in [2.24, 2.45) is 5.92 Å². The topological polar surface area (TPSA) is 81.4 Å². The molecule has 2 aromatic heterocycles. The fraction of sp³-hybridized carbons (Fsp3) is 0.333. The molecule has 1 aliphatic rings. The van der Waals surface area contributed by atoms with E-state index in [0.29, 0.717) is 42.9 Å². The fourth-order valence-corrected chi connectivity index (χ4v) is 3.36. The Morgan fingerprint density at radius 2 is 2.14 bits per heavy atom. The minimum Gasteiger partial charge on any atom is -0.484 e. The number of likely N-dealkylation sites (tertiary alicyclic amines) is 1. The number of benzene rings is 1. The summed E-state index contributed by atoms with van der Waals surface area (Å²) < 4.78 is 23.7. The summed E-state index contributed by atoms with van der Waals surface area (Å²) in [6, 6.07) is 9.34. The maximum atomic E-state index is 12.9. The Morgan fingerprint density at radius 1 is 1.28 bits per heavy atom. The van der Waals surface area contributed by atoms with Crippen LogP contribution in [-0.4, -0.2) is 45.6 Å². The molecule has 7 nitrogen and oxygen atoms in total. The molecule has 1 aliphatic heterocycles. The molecule has 3 aromatic rings. The largest absolute Gasteiger partial charge is 0.484 e. The van der Waals surface area contributed by atoms with E-state index < -0.39 is 0 Å². The van der Waals surface area contributed by atoms with E-state index in [0.717, 1.165) is 18.4 Å². The van der Waals surface area contributed by atoms with Gasteiger partial charge in [-0.05, 0) is 55.2 Å². The van der Waals surface area contributed by atoms with Gasteiger partial charge in [-0.15, -0.1) is 0 Å². The number of carbonyl (C=O) groups is 1. The van der Waals surface area contributed by atoms with E-state index in [9.17, 15) is 9.18 Å². The molecule has 0 radical (unpaired) electrons. The van der Waals surface area contributed by atoms with Crippen LogP contribution in [0.1, 0.15) is 18.7 Å². The summed E-state index contributed by atoms with van der Waals surface area (Å²) in [5, 5.41) is 4.04. The van der Waals surface area contributed by atoms with Gasteiger partial charge in [0, 0.05) is 31.9 Å². The lowest BCUT2D eigenvalue weighted by atomic mass is 10.0. The van der Waals surface area contributed by atoms with Gasteiger partial charge in [-0.1, -0.05) is 5.16 Å². The summed E-state index contributed by atoms with van der Waals surface area (Å²) in [4.78, 5) is 22.6. The Bertz CT molecular complexity index is 946. The number of ether oxygens (including phenoxy) is 1. The van der Waals surface area contributed by atoms with Crippen molar-refractivity contribution in [2.45, 2.75) is 19.3 Å². The number of hydrogen-bond acceptors (Lipinski definition) is 6. The van der Waals surface area contributed by atoms with Crippen LogP contribution in [0.4, 0.5) is 4.39 Å². The van der Waals surface area contributed by atoms with Crippen molar-refractivity contribution in [3.63, 3.8) is 0 Å². The smallest absolute Gasteiger partial charge is 0.260 e. The maximum Gasteiger partial charge on any atom is 0.260 e. The van der Waals surface area contributed by atoms with Gasteiger partial charge >= 0.3 is 0 Å². The van der Waals surface area contributed by atoms with Crippen LogP contribution >= 0.6 is 0 Å². The minimum absolute atomic E-state index is 0.0440. The van der Waals surface area contributed by atoms with Gasteiger partial charge in [-0.25, -0.2) is 4.39 Å². The van der Waals surface area contributed by atoms with Crippen LogP contribution in [0.2, 0.25) is 0 Å². The highest BCUT2D eigenvalue weighted by atomic mass is 19.1. The molecular weight excluding hydrogens is 375 g/mol. The van der Waals surface area contributed by atoms with Gasteiger partial charge in [-0.2, -0.15) is 4.98 Å². The molecule has 0 saturated carbocycles. The van der Waals surface area contributed by atoms with Crippen LogP contribution in [0.3, 0.4) is 0 Å². The fourth-order valence-electron chi connectivity index (χ4n) is 3.36. The average molecular weight is 396 g/mol. The van der Waals surface area contributed by atoms with Gasteiger partial charge in [0.1, 0.15) is 11.6 Å². The predicted octanol–water partition coefficient (Wildman–Crippen LogP) is 3.13. The number of carbonyl (C=O) groups excluding carboxylic acids is 1. The first-order valence-corrected chi connectivity index (χ1v) is 9.56. The Kier molecular flexibility index (Phi) is 5.79. The van der Waals surface area contributed by atoms with Crippen LogP contribution in [-0.2, 0) is 11.2 Å². The number of nitrogens with zero attached hydrogens (tertiary/aromatic N) is 4. The standard InChI is InChI=1S/C21H21FN4O3/c22-17-4-6-18(7-5-17)28-14-20(27)26-11-9-15(13-26)3-8-19-24-21(29-25-19)16-2-1-10-23-12-16/h1-2,4-7,10,12,15H,3,8-9,11,13-14H2. The SMILES string of the molecule is O=C(COc1ccc(F)cc1)N1CCC(CCc2noc(-c3cccnc3)n2)C1. The van der Waals surface area contributed by atoms with E-state index in [2.05, 4.69) is 15.1 Å². The number of amides is 1. The predicted molar refractivity (Wildman–Crippen MR) is 102 cm³/mol. The van der Waals surface area contributed by atoms with E-state index in [-0.39, 0.29) is 18.3 Å². The number of aryl methyl sites for hydroxylation is 1. The molecule has 1 unspecified atom stereocenters. The van der Waals surface area contributed by atoms with Crippen molar-refractivity contribution in [1.82, 2.24) is 20.0 Å². The highest BCUT2D eigenvalue weighted by molar-refractivity contribution is 5.78. The molecule has 1 amide bonds. The van der Waals surface area contributed by atoms with Crippen LogP contribution in [0.25, 0.3) is 11.5 Å². The van der Waals surface area contributed by atoms with E-state index in [1.165, 1.54) is 24.3 Å². The summed E-state index contributed by atoms with van der Waals surface area (Å²) in [6.45, 7) is 1.36. The zero-order chi connectivity index (χ0) is 20.1. The Hall–Kier alpha value is -3.29. The average Bonchev–Trinajstić information content (AvgIpc) is 3.42. The minimum atomic E-state index is -0.333. The van der Waals surface area contributed by atoms with Crippen molar-refractivity contribution < 1.29 is 18.4 Å². The summed E-state index contributed by atoms with van der Waals surface area (Å²) >= 11 is 0. The third kappa shape index (κ3) is 4.96. The Labute approximate surface area is 167 Å². The first kappa shape index (κ1) is 19.0. The number of pyridine rings is 1. The second kappa shape index (κ2) is 8.81. The maximum absolute atomic E-state index is 12.9. The quantitative estimate of drug-likeness (QED) is 0.610. The molecule has 29 heavy (non-hydrogen) atoms. The Balaban J connectivity index is 1.22. The van der Waals surface area contributed by atoms with Gasteiger partial charge in [-0.3, -0.25) is 9.78 Å². The molecule has 0 N–H and O–H groups in total. The number of rotatable bonds is 7. The first-order valence-electron chi connectivity index (χ1n) is 9.56.